The van der Waals surface area contributed by atoms with E-state index >= 15 is 0 Å². The van der Waals surface area contributed by atoms with E-state index in [1.54, 1.807) is 43.4 Å². The van der Waals surface area contributed by atoms with Crippen LogP contribution in [0.25, 0.3) is 0 Å². The molecule has 0 aromatic heterocycles. The molecule has 1 aliphatic rings. The van der Waals surface area contributed by atoms with Crippen LogP contribution in [0.5, 0.6) is 11.5 Å². The van der Waals surface area contributed by atoms with E-state index in [0.29, 0.717) is 30.0 Å². The quantitative estimate of drug-likeness (QED) is 0.373. The largest absolute Gasteiger partial charge is 0.497 e. The van der Waals surface area contributed by atoms with Gasteiger partial charge in [-0.15, -0.1) is 0 Å². The minimum atomic E-state index is -3.57. The molecule has 0 radical (unpaired) electrons. The van der Waals surface area contributed by atoms with Gasteiger partial charge in [0.05, 0.1) is 26.2 Å². The van der Waals surface area contributed by atoms with Gasteiger partial charge >= 0.3 is 0 Å². The number of hydrogen-bond acceptors (Lipinski definition) is 6. The standard InChI is InChI=1S/C29H41N3O6S/c1-5-27(29(34)30-23-9-6-7-10-23)31(21-22-12-16-25(37-2)17-13-22)28(33)11-8-20-32(39(4,35)36)24-14-18-26(38-3)19-15-24/h12-19,23,27H,5-11,20-21H2,1-4H3,(H,30,34)/t27-/m0/s1. The van der Waals surface area contributed by atoms with Gasteiger partial charge in [0.1, 0.15) is 17.5 Å². The zero-order valence-electron chi connectivity index (χ0n) is 23.4. The molecule has 1 aliphatic carbocycles. The summed E-state index contributed by atoms with van der Waals surface area (Å²) >= 11 is 0. The lowest BCUT2D eigenvalue weighted by Gasteiger charge is -2.32. The molecule has 0 saturated heterocycles. The normalized spacial score (nSPS) is 14.5. The Morgan fingerprint density at radius 1 is 0.974 bits per heavy atom. The molecule has 39 heavy (non-hydrogen) atoms. The lowest BCUT2D eigenvalue weighted by molar-refractivity contribution is -0.141. The fourth-order valence-corrected chi connectivity index (χ4v) is 5.93. The van der Waals surface area contributed by atoms with Gasteiger partial charge in [0, 0.05) is 25.6 Å². The van der Waals surface area contributed by atoms with Crippen molar-refractivity contribution in [3.63, 3.8) is 0 Å². The summed E-state index contributed by atoms with van der Waals surface area (Å²) < 4.78 is 36.8. The summed E-state index contributed by atoms with van der Waals surface area (Å²) in [6.45, 7) is 2.31. The summed E-state index contributed by atoms with van der Waals surface area (Å²) in [6.07, 6.45) is 6.14. The van der Waals surface area contributed by atoms with E-state index in [-0.39, 0.29) is 37.4 Å². The third kappa shape index (κ3) is 8.61. The second kappa shape index (κ2) is 14.2. The van der Waals surface area contributed by atoms with Crippen molar-refractivity contribution >= 4 is 27.5 Å². The van der Waals surface area contributed by atoms with E-state index in [4.69, 9.17) is 9.47 Å². The molecule has 2 aromatic rings. The maximum absolute atomic E-state index is 13.6. The molecule has 0 aliphatic heterocycles. The third-order valence-corrected chi connectivity index (χ3v) is 8.31. The Morgan fingerprint density at radius 3 is 2.05 bits per heavy atom. The summed E-state index contributed by atoms with van der Waals surface area (Å²) in [6, 6.07) is 13.7. The number of amides is 2. The first-order valence-corrected chi connectivity index (χ1v) is 15.4. The van der Waals surface area contributed by atoms with Crippen molar-refractivity contribution < 1.29 is 27.5 Å². The predicted octanol–water partition coefficient (Wildman–Crippen LogP) is 4.12. The molecule has 1 atom stereocenters. The molecule has 10 heteroatoms. The molecule has 214 valence electrons. The Kier molecular flexibility index (Phi) is 11.0. The molecule has 1 N–H and O–H groups in total. The summed E-state index contributed by atoms with van der Waals surface area (Å²) in [5.74, 6) is 1.00. The first-order chi connectivity index (χ1) is 18.7. The zero-order valence-corrected chi connectivity index (χ0v) is 24.2. The van der Waals surface area contributed by atoms with E-state index < -0.39 is 16.1 Å². The highest BCUT2D eigenvalue weighted by atomic mass is 32.2. The minimum absolute atomic E-state index is 0.103. The van der Waals surface area contributed by atoms with Crippen molar-refractivity contribution in [2.45, 2.75) is 70.5 Å². The number of ether oxygens (including phenoxy) is 2. The topological polar surface area (TPSA) is 105 Å². The summed E-state index contributed by atoms with van der Waals surface area (Å²) in [4.78, 5) is 28.5. The van der Waals surface area contributed by atoms with Crippen LogP contribution >= 0.6 is 0 Å². The molecule has 0 heterocycles. The molecule has 2 aromatic carbocycles. The van der Waals surface area contributed by atoms with Gasteiger partial charge in [-0.25, -0.2) is 8.42 Å². The monoisotopic (exact) mass is 559 g/mol. The van der Waals surface area contributed by atoms with Gasteiger partial charge in [-0.2, -0.15) is 0 Å². The van der Waals surface area contributed by atoms with Crippen LogP contribution < -0.4 is 19.1 Å². The number of benzene rings is 2. The first-order valence-electron chi connectivity index (χ1n) is 13.5. The number of hydrogen-bond donors (Lipinski definition) is 1. The van der Waals surface area contributed by atoms with Crippen LogP contribution in [-0.4, -0.2) is 64.2 Å². The highest BCUT2D eigenvalue weighted by molar-refractivity contribution is 7.92. The summed E-state index contributed by atoms with van der Waals surface area (Å²) in [7, 11) is -0.427. The number of carbonyl (C=O) groups is 2. The fourth-order valence-electron chi connectivity index (χ4n) is 4.97. The summed E-state index contributed by atoms with van der Waals surface area (Å²) in [5, 5.41) is 3.14. The number of rotatable bonds is 14. The van der Waals surface area contributed by atoms with Gasteiger partial charge in [0.25, 0.3) is 0 Å². The zero-order chi connectivity index (χ0) is 28.4. The van der Waals surface area contributed by atoms with Crippen molar-refractivity contribution in [3.8, 4) is 11.5 Å². The Balaban J connectivity index is 1.75. The van der Waals surface area contributed by atoms with Crippen molar-refractivity contribution in [2.75, 3.05) is 31.3 Å². The van der Waals surface area contributed by atoms with Crippen LogP contribution in [0.4, 0.5) is 5.69 Å². The Morgan fingerprint density at radius 2 is 1.54 bits per heavy atom. The lowest BCUT2D eigenvalue weighted by atomic mass is 10.1. The Hall–Kier alpha value is -3.27. The van der Waals surface area contributed by atoms with Gasteiger partial charge in [0.2, 0.25) is 21.8 Å². The molecule has 1 saturated carbocycles. The molecule has 3 rings (SSSR count). The average Bonchev–Trinajstić information content (AvgIpc) is 3.43. The molecule has 9 nitrogen and oxygen atoms in total. The van der Waals surface area contributed by atoms with E-state index in [2.05, 4.69) is 5.32 Å². The Labute approximate surface area is 232 Å². The van der Waals surface area contributed by atoms with Crippen LogP contribution in [0.2, 0.25) is 0 Å². The van der Waals surface area contributed by atoms with Gasteiger partial charge in [-0.3, -0.25) is 13.9 Å². The van der Waals surface area contributed by atoms with Gasteiger partial charge in [-0.05, 0) is 67.6 Å². The van der Waals surface area contributed by atoms with Gasteiger partial charge in [-0.1, -0.05) is 31.9 Å². The maximum Gasteiger partial charge on any atom is 0.243 e. The van der Waals surface area contributed by atoms with E-state index in [1.165, 1.54) is 4.31 Å². The van der Waals surface area contributed by atoms with E-state index in [9.17, 15) is 18.0 Å². The average molecular weight is 560 g/mol. The highest BCUT2D eigenvalue weighted by Crippen LogP contribution is 2.23. The molecule has 2 amide bonds. The lowest BCUT2D eigenvalue weighted by Crippen LogP contribution is -2.51. The number of methoxy groups -OCH3 is 2. The number of anilines is 1. The van der Waals surface area contributed by atoms with Crippen molar-refractivity contribution in [3.05, 3.63) is 54.1 Å². The molecular formula is C29H41N3O6S. The first kappa shape index (κ1) is 30.3. The second-order valence-electron chi connectivity index (χ2n) is 9.92. The molecule has 0 spiro atoms. The fraction of sp³-hybridized carbons (Fsp3) is 0.517. The van der Waals surface area contributed by atoms with Crippen LogP contribution in [0.1, 0.15) is 57.4 Å². The smallest absolute Gasteiger partial charge is 0.243 e. The van der Waals surface area contributed by atoms with Crippen LogP contribution in [0.15, 0.2) is 48.5 Å². The molecule has 0 bridgehead atoms. The van der Waals surface area contributed by atoms with E-state index in [0.717, 1.165) is 37.5 Å². The van der Waals surface area contributed by atoms with Gasteiger partial charge < -0.3 is 19.7 Å². The van der Waals surface area contributed by atoms with Gasteiger partial charge in [0.15, 0.2) is 0 Å². The predicted molar refractivity (Wildman–Crippen MR) is 152 cm³/mol. The van der Waals surface area contributed by atoms with Crippen LogP contribution in [-0.2, 0) is 26.2 Å². The highest BCUT2D eigenvalue weighted by Gasteiger charge is 2.30. The van der Waals surface area contributed by atoms with Crippen molar-refractivity contribution in [1.82, 2.24) is 10.2 Å². The SMILES string of the molecule is CC[C@@H](C(=O)NC1CCCC1)N(Cc1ccc(OC)cc1)C(=O)CCCN(c1ccc(OC)cc1)S(C)(=O)=O. The van der Waals surface area contributed by atoms with Crippen molar-refractivity contribution in [1.29, 1.82) is 0 Å². The maximum atomic E-state index is 13.6. The number of sulfonamides is 1. The van der Waals surface area contributed by atoms with Crippen LogP contribution in [0.3, 0.4) is 0 Å². The van der Waals surface area contributed by atoms with Crippen LogP contribution in [0, 0.1) is 0 Å². The molecule has 0 unspecified atom stereocenters. The number of carbonyl (C=O) groups excluding carboxylic acids is 2. The number of nitrogens with zero attached hydrogens (tertiary/aromatic N) is 2. The Bertz CT molecular complexity index is 1180. The summed E-state index contributed by atoms with van der Waals surface area (Å²) in [5.41, 5.74) is 1.38. The third-order valence-electron chi connectivity index (χ3n) is 7.11. The molecule has 1 fully saturated rings. The second-order valence-corrected chi connectivity index (χ2v) is 11.8. The molecular weight excluding hydrogens is 518 g/mol. The van der Waals surface area contributed by atoms with Crippen molar-refractivity contribution in [2.24, 2.45) is 0 Å². The minimum Gasteiger partial charge on any atom is -0.497 e. The number of nitrogens with one attached hydrogen (secondary N) is 1. The van der Waals surface area contributed by atoms with E-state index in [1.807, 2.05) is 31.2 Å².